The van der Waals surface area contributed by atoms with E-state index in [2.05, 4.69) is 9.62 Å². The Morgan fingerprint density at radius 1 is 1.08 bits per heavy atom. The molecule has 2 atom stereocenters. The van der Waals surface area contributed by atoms with Crippen molar-refractivity contribution < 1.29 is 18.0 Å². The second-order valence-electron chi connectivity index (χ2n) is 9.62. The van der Waals surface area contributed by atoms with E-state index in [1.165, 1.54) is 4.90 Å². The van der Waals surface area contributed by atoms with Crippen molar-refractivity contribution >= 4 is 66.6 Å². The number of thioether (sulfide) groups is 1. The predicted molar refractivity (Wildman–Crippen MR) is 145 cm³/mol. The van der Waals surface area contributed by atoms with Gasteiger partial charge in [-0.1, -0.05) is 11.6 Å². The first-order valence-electron chi connectivity index (χ1n) is 12.4. The lowest BCUT2D eigenvalue weighted by atomic mass is 10.1. The van der Waals surface area contributed by atoms with Crippen molar-refractivity contribution in [3.05, 3.63) is 29.3 Å². The Balaban J connectivity index is 1.21. The van der Waals surface area contributed by atoms with E-state index >= 15 is 0 Å². The molecule has 36 heavy (non-hydrogen) atoms. The highest BCUT2D eigenvalue weighted by molar-refractivity contribution is 7.99. The van der Waals surface area contributed by atoms with Crippen LogP contribution in [0.15, 0.2) is 28.5 Å². The summed E-state index contributed by atoms with van der Waals surface area (Å²) in [4.78, 5) is 32.3. The summed E-state index contributed by atoms with van der Waals surface area (Å²) in [6.45, 7) is 4.20. The Labute approximate surface area is 225 Å². The maximum Gasteiger partial charge on any atom is 0.250 e. The summed E-state index contributed by atoms with van der Waals surface area (Å²) >= 11 is 9.15. The Kier molecular flexibility index (Phi) is 8.14. The van der Waals surface area contributed by atoms with Gasteiger partial charge in [0.05, 0.1) is 6.54 Å². The number of piperidine rings is 1. The molecule has 8 nitrogen and oxygen atoms in total. The molecule has 3 aliphatic heterocycles. The number of hydrogen-bond acceptors (Lipinski definition) is 7. The van der Waals surface area contributed by atoms with Crippen LogP contribution in [0.1, 0.15) is 25.7 Å². The number of likely N-dealkylation sites (tertiary alicyclic amines) is 2. The monoisotopic (exact) mass is 570 g/mol. The second-order valence-corrected chi connectivity index (χ2v) is 14.3. The molecule has 12 heteroatoms. The van der Waals surface area contributed by atoms with Crippen LogP contribution in [0.25, 0.3) is 10.1 Å². The third-order valence-corrected chi connectivity index (χ3v) is 11.4. The van der Waals surface area contributed by atoms with E-state index in [4.69, 9.17) is 11.6 Å². The average Bonchev–Trinajstić information content (AvgIpc) is 3.49. The number of sulfonamides is 1. The number of fused-ring (bicyclic) bond motifs is 1. The standard InChI is InChI=1S/C24H31ClN4O4S3/c25-18-5-6-21-17(13-18)14-23(35-21)36(32,33)26-20-4-2-7-28(24(20)31)16-22(30)29-8-1-3-19(29)15-27-9-11-34-12-10-27/h5-6,13-14,19-20,26H,1-4,7-12,15-16H2. The second kappa shape index (κ2) is 11.2. The normalized spacial score (nSPS) is 24.1. The molecule has 1 N–H and O–H groups in total. The van der Waals surface area contributed by atoms with E-state index in [1.807, 2.05) is 16.7 Å². The van der Waals surface area contributed by atoms with Crippen LogP contribution in [0.4, 0.5) is 0 Å². The maximum atomic E-state index is 13.2. The zero-order valence-corrected chi connectivity index (χ0v) is 23.2. The Bertz CT molecular complexity index is 1230. The largest absolute Gasteiger partial charge is 0.337 e. The molecule has 2 aromatic rings. The SMILES string of the molecule is O=C1C(NS(=O)(=O)c2cc3cc(Cl)ccc3s2)CCCN1CC(=O)N1CCCC1CN1CCSCC1. The molecule has 0 aliphatic carbocycles. The van der Waals surface area contributed by atoms with E-state index < -0.39 is 16.1 Å². The molecule has 0 spiro atoms. The van der Waals surface area contributed by atoms with Crippen LogP contribution in [0.3, 0.4) is 0 Å². The Morgan fingerprint density at radius 3 is 2.67 bits per heavy atom. The molecule has 3 aliphatic rings. The third kappa shape index (κ3) is 5.86. The third-order valence-electron chi connectivity index (χ3n) is 7.14. The smallest absolute Gasteiger partial charge is 0.250 e. The molecule has 0 bridgehead atoms. The molecule has 2 unspecified atom stereocenters. The van der Waals surface area contributed by atoms with Crippen molar-refractivity contribution in [1.29, 1.82) is 0 Å². The molecule has 4 heterocycles. The van der Waals surface area contributed by atoms with E-state index in [9.17, 15) is 18.0 Å². The lowest BCUT2D eigenvalue weighted by molar-refractivity contribution is -0.143. The van der Waals surface area contributed by atoms with Gasteiger partial charge in [0.25, 0.3) is 10.0 Å². The summed E-state index contributed by atoms with van der Waals surface area (Å²) < 4.78 is 29.7. The van der Waals surface area contributed by atoms with Crippen LogP contribution in [-0.4, -0.2) is 97.8 Å². The fourth-order valence-electron chi connectivity index (χ4n) is 5.26. The van der Waals surface area contributed by atoms with E-state index in [-0.39, 0.29) is 28.6 Å². The van der Waals surface area contributed by atoms with Gasteiger partial charge in [-0.05, 0) is 55.3 Å². The number of hydrogen-bond donors (Lipinski definition) is 1. The molecule has 1 aromatic heterocycles. The highest BCUT2D eigenvalue weighted by atomic mass is 35.5. The van der Waals surface area contributed by atoms with E-state index in [0.29, 0.717) is 24.4 Å². The molecular weight excluding hydrogens is 540 g/mol. The Morgan fingerprint density at radius 2 is 1.86 bits per heavy atom. The van der Waals surface area contributed by atoms with Gasteiger partial charge in [-0.3, -0.25) is 14.5 Å². The van der Waals surface area contributed by atoms with Crippen LogP contribution in [-0.2, 0) is 19.6 Å². The van der Waals surface area contributed by atoms with Crippen molar-refractivity contribution in [3.8, 4) is 0 Å². The summed E-state index contributed by atoms with van der Waals surface area (Å²) in [6.07, 6.45) is 3.03. The lowest BCUT2D eigenvalue weighted by Gasteiger charge is -2.35. The topological polar surface area (TPSA) is 90.0 Å². The molecule has 3 fully saturated rings. The average molecular weight is 571 g/mol. The number of nitrogens with one attached hydrogen (secondary N) is 1. The van der Waals surface area contributed by atoms with E-state index in [1.54, 1.807) is 24.3 Å². The summed E-state index contributed by atoms with van der Waals surface area (Å²) in [5.41, 5.74) is 0. The van der Waals surface area contributed by atoms with E-state index in [0.717, 1.165) is 71.9 Å². The highest BCUT2D eigenvalue weighted by Crippen LogP contribution is 2.31. The van der Waals surface area contributed by atoms with Crippen LogP contribution in [0, 0.1) is 0 Å². The minimum atomic E-state index is -3.88. The number of amides is 2. The van der Waals surface area contributed by atoms with Gasteiger partial charge in [0.15, 0.2) is 0 Å². The summed E-state index contributed by atoms with van der Waals surface area (Å²) in [6, 6.07) is 6.14. The molecule has 0 radical (unpaired) electrons. The Hall–Kier alpha value is -1.37. The molecular formula is C24H31ClN4O4S3. The van der Waals surface area contributed by atoms with Crippen LogP contribution < -0.4 is 4.72 Å². The van der Waals surface area contributed by atoms with Gasteiger partial charge in [-0.25, -0.2) is 8.42 Å². The van der Waals surface area contributed by atoms with Crippen molar-refractivity contribution in [1.82, 2.24) is 19.4 Å². The van der Waals surface area contributed by atoms with Gasteiger partial charge in [0.2, 0.25) is 11.8 Å². The first kappa shape index (κ1) is 26.2. The minimum Gasteiger partial charge on any atom is -0.337 e. The van der Waals surface area contributed by atoms with Crippen molar-refractivity contribution in [2.24, 2.45) is 0 Å². The number of rotatable bonds is 7. The summed E-state index contributed by atoms with van der Waals surface area (Å²) in [7, 11) is -3.88. The van der Waals surface area contributed by atoms with Gasteiger partial charge in [-0.15, -0.1) is 11.3 Å². The number of carbonyl (C=O) groups is 2. The van der Waals surface area contributed by atoms with Gasteiger partial charge in [-0.2, -0.15) is 16.5 Å². The van der Waals surface area contributed by atoms with Crippen LogP contribution >= 0.6 is 34.7 Å². The fraction of sp³-hybridized carbons (Fsp3) is 0.583. The zero-order chi connectivity index (χ0) is 25.3. The predicted octanol–water partition coefficient (Wildman–Crippen LogP) is 2.86. The molecule has 196 valence electrons. The lowest BCUT2D eigenvalue weighted by Crippen LogP contribution is -2.55. The maximum absolute atomic E-state index is 13.2. The number of halogens is 1. The highest BCUT2D eigenvalue weighted by Gasteiger charge is 2.36. The molecule has 5 rings (SSSR count). The van der Waals surface area contributed by atoms with Gasteiger partial charge in [0.1, 0.15) is 10.3 Å². The molecule has 1 aromatic carbocycles. The number of nitrogens with zero attached hydrogens (tertiary/aromatic N) is 3. The van der Waals surface area contributed by atoms with Crippen molar-refractivity contribution in [2.75, 3.05) is 50.8 Å². The van der Waals surface area contributed by atoms with Crippen LogP contribution in [0.5, 0.6) is 0 Å². The number of carbonyl (C=O) groups excluding carboxylic acids is 2. The number of thiophene rings is 1. The zero-order valence-electron chi connectivity index (χ0n) is 20.0. The van der Waals surface area contributed by atoms with Crippen LogP contribution in [0.2, 0.25) is 5.02 Å². The fourth-order valence-corrected chi connectivity index (χ4v) is 9.04. The molecule has 0 saturated carbocycles. The first-order valence-corrected chi connectivity index (χ1v) is 16.2. The van der Waals surface area contributed by atoms with Gasteiger partial charge < -0.3 is 9.80 Å². The first-order chi connectivity index (χ1) is 17.3. The summed E-state index contributed by atoms with van der Waals surface area (Å²) in [5, 5.41) is 1.29. The molecule has 3 saturated heterocycles. The van der Waals surface area contributed by atoms with Crippen molar-refractivity contribution in [3.63, 3.8) is 0 Å². The molecule has 2 amide bonds. The quantitative estimate of drug-likeness (QED) is 0.551. The van der Waals surface area contributed by atoms with Crippen molar-refractivity contribution in [2.45, 2.75) is 42.0 Å². The van der Waals surface area contributed by atoms with Gasteiger partial charge >= 0.3 is 0 Å². The minimum absolute atomic E-state index is 0.00476. The summed E-state index contributed by atoms with van der Waals surface area (Å²) in [5.74, 6) is 1.90. The number of benzene rings is 1. The van der Waals surface area contributed by atoms with Gasteiger partial charge in [0, 0.05) is 60.0 Å².